The molecule has 118 valence electrons. The SMILES string of the molecule is Cc1cc(C)c(NC(=O)CSc2nc3ccccc3o2)c(C)c1. The van der Waals surface area contributed by atoms with Crippen molar-refractivity contribution in [2.75, 3.05) is 11.1 Å². The first kappa shape index (κ1) is 15.6. The molecule has 3 aromatic rings. The largest absolute Gasteiger partial charge is 0.431 e. The molecule has 4 nitrogen and oxygen atoms in total. The Balaban J connectivity index is 1.66. The van der Waals surface area contributed by atoms with Crippen LogP contribution in [0.5, 0.6) is 0 Å². The standard InChI is InChI=1S/C18H18N2O2S/c1-11-8-12(2)17(13(3)9-11)20-16(21)10-23-18-19-14-6-4-5-7-15(14)22-18/h4-9H,10H2,1-3H3,(H,20,21). The Hall–Kier alpha value is -2.27. The van der Waals surface area contributed by atoms with Gasteiger partial charge in [0.25, 0.3) is 5.22 Å². The van der Waals surface area contributed by atoms with Gasteiger partial charge in [0.15, 0.2) is 5.58 Å². The molecule has 1 aromatic heterocycles. The molecular weight excluding hydrogens is 308 g/mol. The molecule has 0 radical (unpaired) electrons. The fourth-order valence-electron chi connectivity index (χ4n) is 2.59. The van der Waals surface area contributed by atoms with Crippen LogP contribution in [-0.2, 0) is 4.79 Å². The van der Waals surface area contributed by atoms with Crippen LogP contribution in [0.25, 0.3) is 11.1 Å². The molecule has 1 amide bonds. The second kappa shape index (κ2) is 6.46. The first-order chi connectivity index (χ1) is 11.0. The number of oxazole rings is 1. The summed E-state index contributed by atoms with van der Waals surface area (Å²) in [5.74, 6) is 0.201. The molecule has 0 atom stereocenters. The number of aryl methyl sites for hydroxylation is 3. The molecule has 0 saturated heterocycles. The fourth-order valence-corrected chi connectivity index (χ4v) is 3.23. The summed E-state index contributed by atoms with van der Waals surface area (Å²) in [4.78, 5) is 16.5. The first-order valence-corrected chi connectivity index (χ1v) is 8.37. The zero-order valence-electron chi connectivity index (χ0n) is 13.3. The number of hydrogen-bond acceptors (Lipinski definition) is 4. The van der Waals surface area contributed by atoms with Crippen LogP contribution < -0.4 is 5.32 Å². The smallest absolute Gasteiger partial charge is 0.257 e. The lowest BCUT2D eigenvalue weighted by molar-refractivity contribution is -0.113. The van der Waals surface area contributed by atoms with E-state index in [9.17, 15) is 4.79 Å². The molecule has 0 fully saturated rings. The highest BCUT2D eigenvalue weighted by Gasteiger charge is 2.11. The minimum Gasteiger partial charge on any atom is -0.431 e. The van der Waals surface area contributed by atoms with Crippen LogP contribution in [0.15, 0.2) is 46.0 Å². The predicted octanol–water partition coefficient (Wildman–Crippen LogP) is 4.48. The maximum Gasteiger partial charge on any atom is 0.257 e. The van der Waals surface area contributed by atoms with Gasteiger partial charge in [-0.25, -0.2) is 4.98 Å². The number of thioether (sulfide) groups is 1. The highest BCUT2D eigenvalue weighted by Crippen LogP contribution is 2.25. The van der Waals surface area contributed by atoms with Gasteiger partial charge in [-0.2, -0.15) is 0 Å². The van der Waals surface area contributed by atoms with Crippen LogP contribution >= 0.6 is 11.8 Å². The Morgan fingerprint density at radius 3 is 2.57 bits per heavy atom. The fraction of sp³-hybridized carbons (Fsp3) is 0.222. The van der Waals surface area contributed by atoms with Crippen LogP contribution in [0.1, 0.15) is 16.7 Å². The van der Waals surface area contributed by atoms with E-state index in [0.29, 0.717) is 5.22 Å². The van der Waals surface area contributed by atoms with E-state index in [1.165, 1.54) is 17.3 Å². The summed E-state index contributed by atoms with van der Waals surface area (Å²) in [6.45, 7) is 6.06. The van der Waals surface area contributed by atoms with Crippen LogP contribution in [0.4, 0.5) is 5.69 Å². The number of carbonyl (C=O) groups is 1. The summed E-state index contributed by atoms with van der Waals surface area (Å²) < 4.78 is 5.60. The zero-order chi connectivity index (χ0) is 16.4. The second-order valence-corrected chi connectivity index (χ2v) is 6.48. The van der Waals surface area contributed by atoms with E-state index in [-0.39, 0.29) is 11.7 Å². The number of anilines is 1. The quantitative estimate of drug-likeness (QED) is 0.718. The Labute approximate surface area is 139 Å². The van der Waals surface area contributed by atoms with Gasteiger partial charge in [-0.05, 0) is 44.0 Å². The number of amides is 1. The summed E-state index contributed by atoms with van der Waals surface area (Å²) >= 11 is 1.30. The second-order valence-electron chi connectivity index (χ2n) is 5.56. The van der Waals surface area contributed by atoms with E-state index in [1.807, 2.05) is 38.1 Å². The van der Waals surface area contributed by atoms with Crippen molar-refractivity contribution in [1.29, 1.82) is 0 Å². The van der Waals surface area contributed by atoms with Crippen molar-refractivity contribution >= 4 is 34.5 Å². The average Bonchev–Trinajstić information content (AvgIpc) is 2.91. The minimum atomic E-state index is -0.0627. The van der Waals surface area contributed by atoms with Gasteiger partial charge < -0.3 is 9.73 Å². The molecule has 0 spiro atoms. The number of nitrogens with zero attached hydrogens (tertiary/aromatic N) is 1. The lowest BCUT2D eigenvalue weighted by Gasteiger charge is -2.12. The van der Waals surface area contributed by atoms with Crippen LogP contribution in [0, 0.1) is 20.8 Å². The highest BCUT2D eigenvalue weighted by molar-refractivity contribution is 7.99. The zero-order valence-corrected chi connectivity index (χ0v) is 14.2. The molecular formula is C18H18N2O2S. The van der Waals surface area contributed by atoms with Gasteiger partial charge in [0.1, 0.15) is 5.52 Å². The molecule has 2 aromatic carbocycles. The van der Waals surface area contributed by atoms with E-state index in [0.717, 1.165) is 27.9 Å². The minimum absolute atomic E-state index is 0.0627. The number of nitrogens with one attached hydrogen (secondary N) is 1. The van der Waals surface area contributed by atoms with Gasteiger partial charge in [-0.15, -0.1) is 0 Å². The van der Waals surface area contributed by atoms with E-state index >= 15 is 0 Å². The molecule has 3 rings (SSSR count). The van der Waals surface area contributed by atoms with E-state index in [4.69, 9.17) is 4.42 Å². The van der Waals surface area contributed by atoms with Gasteiger partial charge in [0, 0.05) is 5.69 Å². The number of para-hydroxylation sites is 2. The lowest BCUT2D eigenvalue weighted by atomic mass is 10.1. The predicted molar refractivity (Wildman–Crippen MR) is 94.0 cm³/mol. The summed E-state index contributed by atoms with van der Waals surface area (Å²) in [6, 6.07) is 11.7. The number of aromatic nitrogens is 1. The number of rotatable bonds is 4. The molecule has 0 bridgehead atoms. The Morgan fingerprint density at radius 2 is 1.87 bits per heavy atom. The molecule has 0 aliphatic heterocycles. The number of benzene rings is 2. The molecule has 0 aliphatic carbocycles. The molecule has 0 aliphatic rings. The van der Waals surface area contributed by atoms with Crippen molar-refractivity contribution < 1.29 is 9.21 Å². The Kier molecular flexibility index (Phi) is 4.39. The third kappa shape index (κ3) is 3.56. The van der Waals surface area contributed by atoms with Crippen molar-refractivity contribution in [3.05, 3.63) is 53.1 Å². The van der Waals surface area contributed by atoms with Gasteiger partial charge in [-0.3, -0.25) is 4.79 Å². The third-order valence-electron chi connectivity index (χ3n) is 3.54. The topological polar surface area (TPSA) is 55.1 Å². The van der Waals surface area contributed by atoms with Crippen molar-refractivity contribution in [1.82, 2.24) is 4.98 Å². The normalized spacial score (nSPS) is 10.9. The third-order valence-corrected chi connectivity index (χ3v) is 4.37. The monoisotopic (exact) mass is 326 g/mol. The van der Waals surface area contributed by atoms with Gasteiger partial charge in [0.2, 0.25) is 5.91 Å². The summed E-state index contributed by atoms with van der Waals surface area (Å²) in [5, 5.41) is 3.49. The molecule has 0 saturated carbocycles. The van der Waals surface area contributed by atoms with Gasteiger partial charge >= 0.3 is 0 Å². The first-order valence-electron chi connectivity index (χ1n) is 7.39. The Morgan fingerprint density at radius 1 is 1.17 bits per heavy atom. The average molecular weight is 326 g/mol. The molecule has 23 heavy (non-hydrogen) atoms. The highest BCUT2D eigenvalue weighted by atomic mass is 32.2. The molecule has 1 heterocycles. The van der Waals surface area contributed by atoms with E-state index in [2.05, 4.69) is 29.4 Å². The number of hydrogen-bond donors (Lipinski definition) is 1. The molecule has 1 N–H and O–H groups in total. The lowest BCUT2D eigenvalue weighted by Crippen LogP contribution is -2.15. The van der Waals surface area contributed by atoms with Crippen molar-refractivity contribution in [3.63, 3.8) is 0 Å². The van der Waals surface area contributed by atoms with E-state index < -0.39 is 0 Å². The summed E-state index contributed by atoms with van der Waals surface area (Å²) in [6.07, 6.45) is 0. The summed E-state index contributed by atoms with van der Waals surface area (Å²) in [5.41, 5.74) is 5.77. The Bertz CT molecular complexity index is 814. The summed E-state index contributed by atoms with van der Waals surface area (Å²) in [7, 11) is 0. The van der Waals surface area contributed by atoms with Crippen molar-refractivity contribution in [2.24, 2.45) is 0 Å². The van der Waals surface area contributed by atoms with Crippen molar-refractivity contribution in [2.45, 2.75) is 26.0 Å². The van der Waals surface area contributed by atoms with Crippen LogP contribution in [-0.4, -0.2) is 16.6 Å². The molecule has 0 unspecified atom stereocenters. The van der Waals surface area contributed by atoms with Crippen LogP contribution in [0.2, 0.25) is 0 Å². The van der Waals surface area contributed by atoms with Crippen LogP contribution in [0.3, 0.4) is 0 Å². The van der Waals surface area contributed by atoms with E-state index in [1.54, 1.807) is 0 Å². The maximum atomic E-state index is 12.2. The number of carbonyl (C=O) groups excluding carboxylic acids is 1. The number of fused-ring (bicyclic) bond motifs is 1. The van der Waals surface area contributed by atoms with Gasteiger partial charge in [-0.1, -0.05) is 41.6 Å². The molecule has 5 heteroatoms. The van der Waals surface area contributed by atoms with Crippen molar-refractivity contribution in [3.8, 4) is 0 Å². The van der Waals surface area contributed by atoms with Gasteiger partial charge in [0.05, 0.1) is 5.75 Å². The maximum absolute atomic E-state index is 12.2.